The van der Waals surface area contributed by atoms with Crippen LogP contribution in [0.25, 0.3) is 0 Å². The molecule has 0 radical (unpaired) electrons. The minimum absolute atomic E-state index is 0.109. The van der Waals surface area contributed by atoms with Crippen molar-refractivity contribution in [3.8, 4) is 0 Å². The summed E-state index contributed by atoms with van der Waals surface area (Å²) in [6.45, 7) is 1.78. The molecular weight excluding hydrogens is 261 g/mol. The van der Waals surface area contributed by atoms with Gasteiger partial charge in [0.1, 0.15) is 12.7 Å². The van der Waals surface area contributed by atoms with Crippen molar-refractivity contribution in [2.24, 2.45) is 0 Å². The van der Waals surface area contributed by atoms with Crippen molar-refractivity contribution < 1.29 is 27.4 Å². The van der Waals surface area contributed by atoms with E-state index in [4.69, 9.17) is 4.74 Å². The molecule has 0 saturated heterocycles. The summed E-state index contributed by atoms with van der Waals surface area (Å²) in [6.07, 6.45) is -0.167. The molecule has 0 rings (SSSR count). The molecule has 0 aliphatic carbocycles. The van der Waals surface area contributed by atoms with E-state index in [9.17, 15) is 18.0 Å². The molecule has 0 bridgehead atoms. The predicted octanol–water partition coefficient (Wildman–Crippen LogP) is 3.63. The topological polar surface area (TPSA) is 35.5 Å². The number of allylic oxidation sites excluding steroid dienone is 1. The van der Waals surface area contributed by atoms with Crippen LogP contribution in [-0.2, 0) is 14.3 Å². The molecule has 0 aromatic rings. The van der Waals surface area contributed by atoms with Crippen LogP contribution in [0, 0.1) is 0 Å². The highest BCUT2D eigenvalue weighted by Gasteiger charge is 2.23. The minimum Gasteiger partial charge on any atom is -0.456 e. The van der Waals surface area contributed by atoms with Crippen LogP contribution >= 0.6 is 0 Å². The molecule has 112 valence electrons. The van der Waals surface area contributed by atoms with Crippen LogP contribution in [0.3, 0.4) is 0 Å². The zero-order chi connectivity index (χ0) is 14.7. The summed E-state index contributed by atoms with van der Waals surface area (Å²) in [4.78, 5) is 11.2. The molecule has 0 aromatic carbocycles. The van der Waals surface area contributed by atoms with Gasteiger partial charge in [0.05, 0.1) is 0 Å². The summed E-state index contributed by atoms with van der Waals surface area (Å²) >= 11 is 0. The Hall–Kier alpha value is -1.04. The number of rotatable bonds is 9. The largest absolute Gasteiger partial charge is 0.456 e. The van der Waals surface area contributed by atoms with Crippen LogP contribution in [0.2, 0.25) is 0 Å². The summed E-state index contributed by atoms with van der Waals surface area (Å²) in [5.41, 5.74) is 0. The van der Waals surface area contributed by atoms with Gasteiger partial charge in [0, 0.05) is 13.2 Å². The Kier molecular flexibility index (Phi) is 9.30. The third-order valence-corrected chi connectivity index (χ3v) is 2.39. The van der Waals surface area contributed by atoms with Crippen LogP contribution in [0.15, 0.2) is 12.2 Å². The van der Waals surface area contributed by atoms with Crippen LogP contribution in [0.4, 0.5) is 13.2 Å². The van der Waals surface area contributed by atoms with Crippen LogP contribution < -0.4 is 0 Å². The number of halogens is 3. The highest BCUT2D eigenvalue weighted by atomic mass is 19.4. The Morgan fingerprint density at radius 3 is 2.47 bits per heavy atom. The molecule has 0 amide bonds. The number of esters is 1. The van der Waals surface area contributed by atoms with Crippen molar-refractivity contribution in [2.75, 3.05) is 13.7 Å². The maximum absolute atomic E-state index is 12.1. The number of methoxy groups -OCH3 is 1. The lowest BCUT2D eigenvalue weighted by Crippen LogP contribution is -2.20. The van der Waals surface area contributed by atoms with Crippen molar-refractivity contribution in [3.05, 3.63) is 12.2 Å². The van der Waals surface area contributed by atoms with Gasteiger partial charge in [0.15, 0.2) is 0 Å². The standard InChI is InChI=1S/C13H21F3O3/c1-3-4-5-6-7-11(8-9-13(14,15)16)19-12(17)10-18-2/h8-9,11H,3-7,10H2,1-2H3/b9-8+. The van der Waals surface area contributed by atoms with E-state index in [1.54, 1.807) is 0 Å². The van der Waals surface area contributed by atoms with Crippen LogP contribution in [-0.4, -0.2) is 32.0 Å². The van der Waals surface area contributed by atoms with Crippen molar-refractivity contribution in [2.45, 2.75) is 51.3 Å². The normalized spacial score (nSPS) is 13.7. The van der Waals surface area contributed by atoms with Crippen molar-refractivity contribution in [1.29, 1.82) is 0 Å². The van der Waals surface area contributed by atoms with E-state index < -0.39 is 18.2 Å². The number of carbonyl (C=O) groups excluding carboxylic acids is 1. The third kappa shape index (κ3) is 11.8. The molecular formula is C13H21F3O3. The Balaban J connectivity index is 4.29. The van der Waals surface area contributed by atoms with Gasteiger partial charge in [0.2, 0.25) is 0 Å². The van der Waals surface area contributed by atoms with Gasteiger partial charge in [-0.25, -0.2) is 4.79 Å². The molecule has 0 spiro atoms. The fourth-order valence-electron chi connectivity index (χ4n) is 1.50. The predicted molar refractivity (Wildman–Crippen MR) is 65.7 cm³/mol. The number of unbranched alkanes of at least 4 members (excludes halogenated alkanes) is 3. The van der Waals surface area contributed by atoms with E-state index >= 15 is 0 Å². The first-order chi connectivity index (χ1) is 8.89. The number of ether oxygens (including phenoxy) is 2. The smallest absolute Gasteiger partial charge is 0.409 e. The van der Waals surface area contributed by atoms with E-state index in [0.29, 0.717) is 6.42 Å². The lowest BCUT2D eigenvalue weighted by Gasteiger charge is -2.14. The summed E-state index contributed by atoms with van der Waals surface area (Å²) in [5, 5.41) is 0. The molecule has 0 N–H and O–H groups in total. The highest BCUT2D eigenvalue weighted by molar-refractivity contribution is 5.71. The van der Waals surface area contributed by atoms with Gasteiger partial charge in [-0.2, -0.15) is 13.2 Å². The van der Waals surface area contributed by atoms with Gasteiger partial charge < -0.3 is 9.47 Å². The Labute approximate surface area is 111 Å². The molecule has 0 fully saturated rings. The van der Waals surface area contributed by atoms with E-state index in [-0.39, 0.29) is 12.7 Å². The van der Waals surface area contributed by atoms with Crippen molar-refractivity contribution in [3.63, 3.8) is 0 Å². The van der Waals surface area contributed by atoms with Gasteiger partial charge in [-0.05, 0) is 18.9 Å². The van der Waals surface area contributed by atoms with Crippen LogP contribution in [0.1, 0.15) is 39.0 Å². The summed E-state index contributed by atoms with van der Waals surface area (Å²) in [7, 11) is 1.32. The van der Waals surface area contributed by atoms with Crippen molar-refractivity contribution in [1.82, 2.24) is 0 Å². The van der Waals surface area contributed by atoms with Gasteiger partial charge in [-0.15, -0.1) is 0 Å². The Bertz CT molecular complexity index is 275. The van der Waals surface area contributed by atoms with Gasteiger partial charge >= 0.3 is 12.1 Å². The summed E-state index contributed by atoms with van der Waals surface area (Å²) < 4.78 is 45.8. The van der Waals surface area contributed by atoms with Crippen LogP contribution in [0.5, 0.6) is 0 Å². The Morgan fingerprint density at radius 1 is 1.26 bits per heavy atom. The average Bonchev–Trinajstić information content (AvgIpc) is 2.30. The first kappa shape index (κ1) is 18.0. The van der Waals surface area contributed by atoms with E-state index in [0.717, 1.165) is 31.8 Å². The molecule has 0 aliphatic rings. The molecule has 1 unspecified atom stereocenters. The molecule has 0 heterocycles. The molecule has 0 aliphatic heterocycles. The molecule has 0 saturated carbocycles. The van der Waals surface area contributed by atoms with E-state index in [1.165, 1.54) is 7.11 Å². The third-order valence-electron chi connectivity index (χ3n) is 2.39. The first-order valence-corrected chi connectivity index (χ1v) is 6.33. The zero-order valence-corrected chi connectivity index (χ0v) is 11.3. The molecule has 3 nitrogen and oxygen atoms in total. The fourth-order valence-corrected chi connectivity index (χ4v) is 1.50. The first-order valence-electron chi connectivity index (χ1n) is 6.33. The van der Waals surface area contributed by atoms with Gasteiger partial charge in [0.25, 0.3) is 0 Å². The van der Waals surface area contributed by atoms with Gasteiger partial charge in [-0.3, -0.25) is 0 Å². The van der Waals surface area contributed by atoms with Crippen molar-refractivity contribution >= 4 is 5.97 Å². The quantitative estimate of drug-likeness (QED) is 0.368. The molecule has 1 atom stereocenters. The number of alkyl halides is 3. The maximum atomic E-state index is 12.1. The highest BCUT2D eigenvalue weighted by Crippen LogP contribution is 2.18. The zero-order valence-electron chi connectivity index (χ0n) is 11.3. The second-order valence-corrected chi connectivity index (χ2v) is 4.21. The molecule has 6 heteroatoms. The monoisotopic (exact) mass is 282 g/mol. The lowest BCUT2D eigenvalue weighted by atomic mass is 10.1. The van der Waals surface area contributed by atoms with E-state index in [1.807, 2.05) is 6.92 Å². The lowest BCUT2D eigenvalue weighted by molar-refractivity contribution is -0.151. The minimum atomic E-state index is -4.39. The molecule has 0 aromatic heterocycles. The maximum Gasteiger partial charge on any atom is 0.409 e. The Morgan fingerprint density at radius 2 is 1.95 bits per heavy atom. The number of carbonyl (C=O) groups is 1. The number of hydrogen-bond donors (Lipinski definition) is 0. The second-order valence-electron chi connectivity index (χ2n) is 4.21. The average molecular weight is 282 g/mol. The summed E-state index contributed by atoms with van der Waals surface area (Å²) in [5.74, 6) is -0.658. The fraction of sp³-hybridized carbons (Fsp3) is 0.769. The summed E-state index contributed by atoms with van der Waals surface area (Å²) in [6, 6.07) is 0. The second kappa shape index (κ2) is 9.83. The molecule has 19 heavy (non-hydrogen) atoms. The SMILES string of the molecule is CCCCCCC(/C=C/C(F)(F)F)OC(=O)COC. The van der Waals surface area contributed by atoms with Gasteiger partial charge in [-0.1, -0.05) is 26.2 Å². The number of hydrogen-bond acceptors (Lipinski definition) is 3. The van der Waals surface area contributed by atoms with E-state index in [2.05, 4.69) is 4.74 Å².